The molecule has 3 aromatic rings. The molecule has 3 N–H and O–H groups in total. The van der Waals surface area contributed by atoms with E-state index in [4.69, 9.17) is 12.2 Å². The zero-order valence-corrected chi connectivity index (χ0v) is 19.2. The lowest BCUT2D eigenvalue weighted by Gasteiger charge is -2.36. The third-order valence-corrected chi connectivity index (χ3v) is 7.21. The maximum Gasteiger partial charge on any atom is 0.321 e. The first-order valence-electron chi connectivity index (χ1n) is 10.5. The van der Waals surface area contributed by atoms with Crippen LogP contribution in [0.5, 0.6) is 0 Å². The van der Waals surface area contributed by atoms with Crippen molar-refractivity contribution in [2.24, 2.45) is 11.1 Å². The van der Waals surface area contributed by atoms with Crippen LogP contribution in [0, 0.1) is 17.8 Å². The van der Waals surface area contributed by atoms with Crippen molar-refractivity contribution in [3.63, 3.8) is 0 Å². The SMILES string of the molecule is C#Cc1cc(-c2cnc(N3CCC(C)(C(=O)O)CC3)nc2)cc2nc(N(CC)C(N)=O)sc12. The molecule has 170 valence electrons. The first-order valence-corrected chi connectivity index (χ1v) is 11.4. The number of rotatable bonds is 5. The standard InChI is InChI=1S/C23H24N6O3S/c1-4-14-10-15(11-17-18(14)33-22(27-17)29(5-2)20(24)32)16-12-25-21(26-13-16)28-8-6-23(3,7-9-28)19(30)31/h1,10-13H,5-9H2,2-3H3,(H2,24,32)(H,30,31). The Morgan fingerprint density at radius 1 is 1.27 bits per heavy atom. The lowest BCUT2D eigenvalue weighted by Crippen LogP contribution is -2.43. The van der Waals surface area contributed by atoms with Crippen LogP contribution >= 0.6 is 11.3 Å². The number of terminal acetylenes is 1. The van der Waals surface area contributed by atoms with E-state index in [0.717, 1.165) is 15.8 Å². The van der Waals surface area contributed by atoms with Crippen LogP contribution in [0.25, 0.3) is 21.3 Å². The van der Waals surface area contributed by atoms with E-state index in [1.54, 1.807) is 19.3 Å². The largest absolute Gasteiger partial charge is 0.481 e. The van der Waals surface area contributed by atoms with E-state index in [-0.39, 0.29) is 0 Å². The number of piperidine rings is 1. The second kappa shape index (κ2) is 8.67. The second-order valence-electron chi connectivity index (χ2n) is 8.22. The first kappa shape index (κ1) is 22.5. The average Bonchev–Trinajstić information content (AvgIpc) is 3.23. The number of carbonyl (C=O) groups excluding carboxylic acids is 1. The van der Waals surface area contributed by atoms with E-state index in [1.807, 2.05) is 24.0 Å². The third kappa shape index (κ3) is 4.19. The molecule has 2 amide bonds. The minimum Gasteiger partial charge on any atom is -0.481 e. The molecule has 4 rings (SSSR count). The summed E-state index contributed by atoms with van der Waals surface area (Å²) in [7, 11) is 0. The van der Waals surface area contributed by atoms with Crippen molar-refractivity contribution in [3.8, 4) is 23.5 Å². The second-order valence-corrected chi connectivity index (χ2v) is 9.20. The summed E-state index contributed by atoms with van der Waals surface area (Å²) < 4.78 is 0.809. The highest BCUT2D eigenvalue weighted by atomic mass is 32.1. The topological polar surface area (TPSA) is 126 Å². The summed E-state index contributed by atoms with van der Waals surface area (Å²) >= 11 is 1.33. The monoisotopic (exact) mass is 464 g/mol. The molecule has 0 aliphatic carbocycles. The van der Waals surface area contributed by atoms with Gasteiger partial charge in [-0.15, -0.1) is 6.42 Å². The number of carbonyl (C=O) groups is 2. The number of hydrogen-bond donors (Lipinski definition) is 2. The van der Waals surface area contributed by atoms with E-state index < -0.39 is 17.4 Å². The zero-order valence-electron chi connectivity index (χ0n) is 18.4. The van der Waals surface area contributed by atoms with Gasteiger partial charge in [0.1, 0.15) is 0 Å². The highest BCUT2D eigenvalue weighted by Crippen LogP contribution is 2.35. The van der Waals surface area contributed by atoms with Gasteiger partial charge in [0.05, 0.1) is 15.6 Å². The Kier molecular flexibility index (Phi) is 5.91. The Morgan fingerprint density at radius 3 is 2.48 bits per heavy atom. The van der Waals surface area contributed by atoms with Crippen LogP contribution in [0.1, 0.15) is 32.3 Å². The van der Waals surface area contributed by atoms with Crippen LogP contribution in [0.3, 0.4) is 0 Å². The van der Waals surface area contributed by atoms with Crippen molar-refractivity contribution in [1.29, 1.82) is 0 Å². The summed E-state index contributed by atoms with van der Waals surface area (Å²) in [5.41, 5.74) is 7.70. The van der Waals surface area contributed by atoms with Crippen molar-refractivity contribution < 1.29 is 14.7 Å². The minimum atomic E-state index is -0.763. The molecule has 0 bridgehead atoms. The lowest BCUT2D eigenvalue weighted by molar-refractivity contribution is -0.149. The lowest BCUT2D eigenvalue weighted by atomic mass is 9.80. The van der Waals surface area contributed by atoms with E-state index in [1.165, 1.54) is 16.2 Å². The molecule has 0 atom stereocenters. The van der Waals surface area contributed by atoms with E-state index in [0.29, 0.717) is 54.6 Å². The smallest absolute Gasteiger partial charge is 0.321 e. The number of carboxylic acid groups (broad SMARTS) is 1. The molecular weight excluding hydrogens is 440 g/mol. The first-order chi connectivity index (χ1) is 15.8. The maximum atomic E-state index is 11.7. The molecule has 1 aliphatic heterocycles. The Hall–Kier alpha value is -3.71. The van der Waals surface area contributed by atoms with Crippen LogP contribution in [0.15, 0.2) is 24.5 Å². The van der Waals surface area contributed by atoms with Gasteiger partial charge < -0.3 is 15.7 Å². The fourth-order valence-electron chi connectivity index (χ4n) is 3.84. The molecule has 0 spiro atoms. The summed E-state index contributed by atoms with van der Waals surface area (Å²) in [5.74, 6) is 2.51. The van der Waals surface area contributed by atoms with E-state index in [2.05, 4.69) is 20.9 Å². The number of urea groups is 1. The van der Waals surface area contributed by atoms with Crippen LogP contribution in [-0.4, -0.2) is 51.7 Å². The molecule has 0 unspecified atom stereocenters. The number of primary amides is 1. The number of benzene rings is 1. The van der Waals surface area contributed by atoms with Crippen molar-refractivity contribution in [2.75, 3.05) is 29.4 Å². The van der Waals surface area contributed by atoms with Crippen LogP contribution < -0.4 is 15.5 Å². The Labute approximate surface area is 195 Å². The van der Waals surface area contributed by atoms with E-state index >= 15 is 0 Å². The van der Waals surface area contributed by atoms with Crippen molar-refractivity contribution in [3.05, 3.63) is 30.1 Å². The average molecular weight is 465 g/mol. The summed E-state index contributed by atoms with van der Waals surface area (Å²) in [6.45, 7) is 5.19. The molecule has 1 aromatic carbocycles. The van der Waals surface area contributed by atoms with Gasteiger partial charge in [-0.1, -0.05) is 17.3 Å². The molecule has 33 heavy (non-hydrogen) atoms. The summed E-state index contributed by atoms with van der Waals surface area (Å²) in [6.07, 6.45) is 10.3. The molecule has 0 saturated carbocycles. The maximum absolute atomic E-state index is 11.7. The summed E-state index contributed by atoms with van der Waals surface area (Å²) in [6, 6.07) is 3.20. The number of carboxylic acids is 1. The fourth-order valence-corrected chi connectivity index (χ4v) is 4.94. The molecule has 10 heteroatoms. The minimum absolute atomic E-state index is 0.408. The van der Waals surface area contributed by atoms with E-state index in [9.17, 15) is 14.7 Å². The Bertz CT molecular complexity index is 1260. The Balaban J connectivity index is 1.61. The number of nitrogens with zero attached hydrogens (tertiary/aromatic N) is 5. The van der Waals surface area contributed by atoms with Gasteiger partial charge in [0.2, 0.25) is 5.95 Å². The number of aliphatic carboxylic acids is 1. The summed E-state index contributed by atoms with van der Waals surface area (Å²) in [5, 5.41) is 9.91. The molecule has 1 fully saturated rings. The van der Waals surface area contributed by atoms with Crippen LogP contribution in [-0.2, 0) is 4.79 Å². The number of thiazole rings is 1. The van der Waals surface area contributed by atoms with Gasteiger partial charge in [0, 0.05) is 43.2 Å². The molecule has 1 aliphatic rings. The van der Waals surface area contributed by atoms with Crippen molar-refractivity contribution in [1.82, 2.24) is 15.0 Å². The zero-order chi connectivity index (χ0) is 23.8. The predicted octanol–water partition coefficient (Wildman–Crippen LogP) is 3.33. The van der Waals surface area contributed by atoms with Crippen LogP contribution in [0.2, 0.25) is 0 Å². The normalized spacial score (nSPS) is 15.2. The number of hydrogen-bond acceptors (Lipinski definition) is 7. The van der Waals surface area contributed by atoms with Gasteiger partial charge in [-0.25, -0.2) is 19.7 Å². The highest BCUT2D eigenvalue weighted by molar-refractivity contribution is 7.22. The predicted molar refractivity (Wildman–Crippen MR) is 128 cm³/mol. The number of anilines is 2. The fraction of sp³-hybridized carbons (Fsp3) is 0.348. The number of fused-ring (bicyclic) bond motifs is 1. The third-order valence-electron chi connectivity index (χ3n) is 6.09. The van der Waals surface area contributed by atoms with Gasteiger partial charge in [-0.2, -0.15) is 0 Å². The van der Waals surface area contributed by atoms with Gasteiger partial charge in [0.15, 0.2) is 5.13 Å². The molecule has 2 aromatic heterocycles. The van der Waals surface area contributed by atoms with Gasteiger partial charge in [0.25, 0.3) is 0 Å². The Morgan fingerprint density at radius 2 is 1.94 bits per heavy atom. The highest BCUT2D eigenvalue weighted by Gasteiger charge is 2.37. The van der Waals surface area contributed by atoms with Crippen molar-refractivity contribution in [2.45, 2.75) is 26.7 Å². The quantitative estimate of drug-likeness (QED) is 0.555. The van der Waals surface area contributed by atoms with Gasteiger partial charge in [-0.3, -0.25) is 9.69 Å². The molecule has 9 nitrogen and oxygen atoms in total. The number of amides is 2. The molecule has 1 saturated heterocycles. The molecular formula is C23H24N6O3S. The van der Waals surface area contributed by atoms with Gasteiger partial charge in [-0.05, 0) is 44.4 Å². The van der Waals surface area contributed by atoms with Crippen LogP contribution in [0.4, 0.5) is 15.9 Å². The number of aromatic nitrogens is 3. The van der Waals surface area contributed by atoms with Crippen molar-refractivity contribution >= 4 is 44.6 Å². The molecule has 3 heterocycles. The summed E-state index contributed by atoms with van der Waals surface area (Å²) in [4.78, 5) is 40.1. The molecule has 0 radical (unpaired) electrons. The number of nitrogens with two attached hydrogens (primary N) is 1. The van der Waals surface area contributed by atoms with Gasteiger partial charge >= 0.3 is 12.0 Å².